The van der Waals surface area contributed by atoms with E-state index in [4.69, 9.17) is 9.84 Å². The van der Waals surface area contributed by atoms with Crippen LogP contribution in [0.1, 0.15) is 0 Å². The van der Waals surface area contributed by atoms with Crippen molar-refractivity contribution in [2.24, 2.45) is 0 Å². The van der Waals surface area contributed by atoms with E-state index in [1.807, 2.05) is 0 Å². The Labute approximate surface area is 110 Å². The monoisotopic (exact) mass is 260 g/mol. The van der Waals surface area contributed by atoms with Crippen LogP contribution in [0.25, 0.3) is 0 Å². The highest BCUT2D eigenvalue weighted by Crippen LogP contribution is 1.91. The summed E-state index contributed by atoms with van der Waals surface area (Å²) in [6, 6.07) is 0. The van der Waals surface area contributed by atoms with Crippen LogP contribution in [0, 0.1) is 0 Å². The Morgan fingerprint density at radius 2 is 1.39 bits per heavy atom. The van der Waals surface area contributed by atoms with Gasteiger partial charge >= 0.3 is 0 Å². The molecule has 0 bridgehead atoms. The van der Waals surface area contributed by atoms with Crippen LogP contribution >= 0.6 is 0 Å². The number of rotatable bonds is 5. The Balaban J connectivity index is 0.000000225. The minimum atomic E-state index is 0.127. The molecule has 4 N–H and O–H groups in total. The van der Waals surface area contributed by atoms with Crippen molar-refractivity contribution in [3.8, 4) is 0 Å². The fraction of sp³-hybridized carbons (Fsp3) is 1.00. The predicted octanol–water partition coefficient (Wildman–Crippen LogP) is -1.92. The second kappa shape index (κ2) is 11.8. The van der Waals surface area contributed by atoms with Gasteiger partial charge in [0.05, 0.1) is 19.8 Å². The van der Waals surface area contributed by atoms with Crippen LogP contribution in [0.4, 0.5) is 0 Å². The number of hydrogen-bond donors (Lipinski definition) is 4. The highest BCUT2D eigenvalue weighted by Gasteiger charge is 2.07. The SMILES string of the molecule is C1CNCCN1.OCCOCCN1CCNCC1. The van der Waals surface area contributed by atoms with Crippen molar-refractivity contribution in [2.75, 3.05) is 78.7 Å². The number of nitrogens with zero attached hydrogens (tertiary/aromatic N) is 1. The molecule has 0 aromatic rings. The number of hydrogen-bond acceptors (Lipinski definition) is 6. The molecule has 2 rings (SSSR count). The molecule has 0 atom stereocenters. The molecule has 0 amide bonds. The molecule has 0 unspecified atom stereocenters. The number of piperazine rings is 2. The normalized spacial score (nSPS) is 21.2. The lowest BCUT2D eigenvalue weighted by atomic mass is 10.4. The summed E-state index contributed by atoms with van der Waals surface area (Å²) in [5.74, 6) is 0. The third kappa shape index (κ3) is 8.79. The van der Waals surface area contributed by atoms with Crippen LogP contribution in [0.2, 0.25) is 0 Å². The molecule has 0 radical (unpaired) electrons. The first kappa shape index (κ1) is 15.8. The maximum atomic E-state index is 8.45. The van der Waals surface area contributed by atoms with Crippen LogP contribution in [-0.4, -0.2) is 88.7 Å². The number of nitrogens with one attached hydrogen (secondary N) is 3. The van der Waals surface area contributed by atoms with E-state index >= 15 is 0 Å². The lowest BCUT2D eigenvalue weighted by molar-refractivity contribution is 0.0710. The maximum Gasteiger partial charge on any atom is 0.0698 e. The standard InChI is InChI=1S/C8H18N2O2.C4H10N2/c11-6-8-12-7-5-10-3-1-9-2-4-10;1-2-6-4-3-5-1/h9,11H,1-8H2;5-6H,1-4H2. The summed E-state index contributed by atoms with van der Waals surface area (Å²) in [5, 5.41) is 18.2. The Hall–Kier alpha value is -0.240. The molecular formula is C12H28N4O2. The van der Waals surface area contributed by atoms with Crippen molar-refractivity contribution < 1.29 is 9.84 Å². The highest BCUT2D eigenvalue weighted by atomic mass is 16.5. The topological polar surface area (TPSA) is 68.8 Å². The number of aliphatic hydroxyl groups excluding tert-OH is 1. The van der Waals surface area contributed by atoms with Crippen LogP contribution in [-0.2, 0) is 4.74 Å². The second-order valence-corrected chi connectivity index (χ2v) is 4.43. The van der Waals surface area contributed by atoms with Gasteiger partial charge in [-0.05, 0) is 0 Å². The van der Waals surface area contributed by atoms with E-state index in [-0.39, 0.29) is 6.61 Å². The molecule has 0 saturated carbocycles. The average molecular weight is 260 g/mol. The molecule has 2 heterocycles. The summed E-state index contributed by atoms with van der Waals surface area (Å²) in [5.41, 5.74) is 0. The van der Waals surface area contributed by atoms with Crippen LogP contribution in [0.15, 0.2) is 0 Å². The van der Waals surface area contributed by atoms with E-state index in [9.17, 15) is 0 Å². The van der Waals surface area contributed by atoms with E-state index in [2.05, 4.69) is 20.9 Å². The molecular weight excluding hydrogens is 232 g/mol. The third-order valence-electron chi connectivity index (χ3n) is 2.95. The van der Waals surface area contributed by atoms with E-state index < -0.39 is 0 Å². The van der Waals surface area contributed by atoms with Crippen LogP contribution in [0.5, 0.6) is 0 Å². The van der Waals surface area contributed by atoms with Crippen molar-refractivity contribution in [1.82, 2.24) is 20.9 Å². The van der Waals surface area contributed by atoms with Crippen molar-refractivity contribution in [3.05, 3.63) is 0 Å². The predicted molar refractivity (Wildman–Crippen MR) is 73.0 cm³/mol. The Kier molecular flexibility index (Phi) is 10.4. The summed E-state index contributed by atoms with van der Waals surface area (Å²) >= 11 is 0. The quantitative estimate of drug-likeness (QED) is 0.432. The first-order chi connectivity index (χ1) is 8.93. The fourth-order valence-electron chi connectivity index (χ4n) is 1.90. The van der Waals surface area contributed by atoms with Gasteiger partial charge in [-0.15, -0.1) is 0 Å². The molecule has 2 aliphatic heterocycles. The molecule has 0 aromatic carbocycles. The molecule has 6 nitrogen and oxygen atoms in total. The van der Waals surface area contributed by atoms with Gasteiger partial charge in [0.25, 0.3) is 0 Å². The van der Waals surface area contributed by atoms with Gasteiger partial charge < -0.3 is 25.8 Å². The Morgan fingerprint density at radius 3 is 1.89 bits per heavy atom. The number of ether oxygens (including phenoxy) is 1. The molecule has 6 heteroatoms. The zero-order valence-electron chi connectivity index (χ0n) is 11.3. The van der Waals surface area contributed by atoms with Gasteiger partial charge in [0.15, 0.2) is 0 Å². The van der Waals surface area contributed by atoms with Gasteiger partial charge in [-0.3, -0.25) is 4.90 Å². The van der Waals surface area contributed by atoms with Gasteiger partial charge in [-0.25, -0.2) is 0 Å². The molecule has 0 aromatic heterocycles. The first-order valence-corrected chi connectivity index (χ1v) is 6.96. The van der Waals surface area contributed by atoms with Crippen LogP contribution < -0.4 is 16.0 Å². The molecule has 2 fully saturated rings. The minimum absolute atomic E-state index is 0.127. The van der Waals surface area contributed by atoms with E-state index in [0.29, 0.717) is 6.61 Å². The molecule has 18 heavy (non-hydrogen) atoms. The maximum absolute atomic E-state index is 8.45. The van der Waals surface area contributed by atoms with Gasteiger partial charge in [0.2, 0.25) is 0 Å². The van der Waals surface area contributed by atoms with Gasteiger partial charge in [0.1, 0.15) is 0 Å². The second-order valence-electron chi connectivity index (χ2n) is 4.43. The van der Waals surface area contributed by atoms with Crippen LogP contribution in [0.3, 0.4) is 0 Å². The summed E-state index contributed by atoms with van der Waals surface area (Å²) in [6.07, 6.45) is 0. The zero-order valence-corrected chi connectivity index (χ0v) is 11.3. The lowest BCUT2D eigenvalue weighted by Gasteiger charge is -2.26. The highest BCUT2D eigenvalue weighted by molar-refractivity contribution is 4.66. The summed E-state index contributed by atoms with van der Waals surface area (Å²) < 4.78 is 5.17. The largest absolute Gasteiger partial charge is 0.394 e. The van der Waals surface area contributed by atoms with E-state index in [1.54, 1.807) is 0 Å². The van der Waals surface area contributed by atoms with Crippen molar-refractivity contribution in [2.45, 2.75) is 0 Å². The molecule has 2 aliphatic rings. The van der Waals surface area contributed by atoms with Crippen molar-refractivity contribution >= 4 is 0 Å². The van der Waals surface area contributed by atoms with Gasteiger partial charge in [0, 0.05) is 58.9 Å². The van der Waals surface area contributed by atoms with E-state index in [1.165, 1.54) is 0 Å². The Morgan fingerprint density at radius 1 is 0.833 bits per heavy atom. The lowest BCUT2D eigenvalue weighted by Crippen LogP contribution is -2.44. The van der Waals surface area contributed by atoms with Gasteiger partial charge in [-0.1, -0.05) is 0 Å². The Bertz CT molecular complexity index is 162. The summed E-state index contributed by atoms with van der Waals surface area (Å²) in [6.45, 7) is 11.3. The zero-order chi connectivity index (χ0) is 12.9. The molecule has 0 spiro atoms. The first-order valence-electron chi connectivity index (χ1n) is 6.96. The van der Waals surface area contributed by atoms with Crippen molar-refractivity contribution in [3.63, 3.8) is 0 Å². The third-order valence-corrected chi connectivity index (χ3v) is 2.95. The summed E-state index contributed by atoms with van der Waals surface area (Å²) in [4.78, 5) is 2.37. The fourth-order valence-corrected chi connectivity index (χ4v) is 1.90. The molecule has 108 valence electrons. The summed E-state index contributed by atoms with van der Waals surface area (Å²) in [7, 11) is 0. The van der Waals surface area contributed by atoms with Gasteiger partial charge in [-0.2, -0.15) is 0 Å². The minimum Gasteiger partial charge on any atom is -0.394 e. The smallest absolute Gasteiger partial charge is 0.0698 e. The number of aliphatic hydroxyl groups is 1. The van der Waals surface area contributed by atoms with Crippen molar-refractivity contribution in [1.29, 1.82) is 0 Å². The molecule has 0 aliphatic carbocycles. The molecule has 2 saturated heterocycles. The average Bonchev–Trinajstić information content (AvgIpc) is 2.47. The van der Waals surface area contributed by atoms with E-state index in [0.717, 1.165) is 65.5 Å².